The van der Waals surface area contributed by atoms with Gasteiger partial charge in [0.25, 0.3) is 0 Å². The van der Waals surface area contributed by atoms with Crippen molar-refractivity contribution >= 4 is 11.8 Å². The van der Waals surface area contributed by atoms with Crippen LogP contribution in [0.15, 0.2) is 30.3 Å². The van der Waals surface area contributed by atoms with E-state index in [0.29, 0.717) is 12.8 Å². The van der Waals surface area contributed by atoms with Crippen molar-refractivity contribution in [1.82, 2.24) is 10.6 Å². The summed E-state index contributed by atoms with van der Waals surface area (Å²) >= 11 is 0. The van der Waals surface area contributed by atoms with Crippen molar-refractivity contribution in [2.45, 2.75) is 52.6 Å². The number of nitrogens with one attached hydrogen (secondary N) is 2. The molecule has 0 heterocycles. The number of benzene rings is 1. The maximum absolute atomic E-state index is 12.4. The molecule has 2 unspecified atom stereocenters. The van der Waals surface area contributed by atoms with Gasteiger partial charge in [-0.3, -0.25) is 9.59 Å². The standard InChI is InChI=1S/C18H28N2O3/c1-13(19-17(23)18(2,3)4)16(22)20-15(11-8-12-21)14-9-6-5-7-10-14/h5-7,9-10,13,15,21H,8,11-12H2,1-4H3,(H,19,23)(H,20,22). The fraction of sp³-hybridized carbons (Fsp3) is 0.556. The van der Waals surface area contributed by atoms with Gasteiger partial charge >= 0.3 is 0 Å². The average molecular weight is 320 g/mol. The molecule has 128 valence electrons. The predicted octanol–water partition coefficient (Wildman–Crippen LogP) is 2.17. The highest BCUT2D eigenvalue weighted by Crippen LogP contribution is 2.18. The minimum absolute atomic E-state index is 0.0789. The molecular weight excluding hydrogens is 292 g/mol. The van der Waals surface area contributed by atoms with Crippen LogP contribution < -0.4 is 10.6 Å². The molecule has 0 fully saturated rings. The number of rotatable bonds is 7. The maximum Gasteiger partial charge on any atom is 0.242 e. The molecule has 0 bridgehead atoms. The number of hydrogen-bond donors (Lipinski definition) is 3. The van der Waals surface area contributed by atoms with Gasteiger partial charge < -0.3 is 15.7 Å². The number of aliphatic hydroxyl groups is 1. The maximum atomic E-state index is 12.4. The third-order valence-corrected chi connectivity index (χ3v) is 3.59. The van der Waals surface area contributed by atoms with Crippen LogP contribution >= 0.6 is 0 Å². The topological polar surface area (TPSA) is 78.4 Å². The van der Waals surface area contributed by atoms with Gasteiger partial charge in [0.1, 0.15) is 6.04 Å². The zero-order chi connectivity index (χ0) is 17.5. The second-order valence-electron chi connectivity index (χ2n) is 6.78. The fourth-order valence-electron chi connectivity index (χ4n) is 2.08. The predicted molar refractivity (Wildman–Crippen MR) is 90.7 cm³/mol. The summed E-state index contributed by atoms with van der Waals surface area (Å²) in [7, 11) is 0. The zero-order valence-corrected chi connectivity index (χ0v) is 14.4. The normalized spacial score (nSPS) is 14.0. The van der Waals surface area contributed by atoms with Crippen LogP contribution in [0.25, 0.3) is 0 Å². The van der Waals surface area contributed by atoms with Gasteiger partial charge in [-0.15, -0.1) is 0 Å². The Bertz CT molecular complexity index is 509. The smallest absolute Gasteiger partial charge is 0.242 e. The van der Waals surface area contributed by atoms with Crippen LogP contribution in [0.4, 0.5) is 0 Å². The average Bonchev–Trinajstić information content (AvgIpc) is 2.50. The molecule has 0 aliphatic heterocycles. The molecule has 1 aromatic rings. The van der Waals surface area contributed by atoms with Crippen molar-refractivity contribution in [2.24, 2.45) is 5.41 Å². The molecule has 1 rings (SSSR count). The molecule has 3 N–H and O–H groups in total. The van der Waals surface area contributed by atoms with Crippen molar-refractivity contribution < 1.29 is 14.7 Å². The van der Waals surface area contributed by atoms with E-state index in [2.05, 4.69) is 10.6 Å². The summed E-state index contributed by atoms with van der Waals surface area (Å²) in [6.45, 7) is 7.17. The molecule has 0 aliphatic rings. The first-order valence-corrected chi connectivity index (χ1v) is 8.03. The highest BCUT2D eigenvalue weighted by Gasteiger charge is 2.26. The third-order valence-electron chi connectivity index (χ3n) is 3.59. The third kappa shape index (κ3) is 6.40. The SMILES string of the molecule is CC(NC(=O)C(C)(C)C)C(=O)NC(CCCO)c1ccccc1. The minimum Gasteiger partial charge on any atom is -0.396 e. The molecule has 1 aromatic carbocycles. The number of carbonyl (C=O) groups excluding carboxylic acids is 2. The van der Waals surface area contributed by atoms with Crippen molar-refractivity contribution in [3.63, 3.8) is 0 Å². The Balaban J connectivity index is 2.71. The summed E-state index contributed by atoms with van der Waals surface area (Å²) in [5.74, 6) is -0.388. The van der Waals surface area contributed by atoms with Gasteiger partial charge in [-0.25, -0.2) is 0 Å². The van der Waals surface area contributed by atoms with E-state index in [4.69, 9.17) is 5.11 Å². The molecule has 2 atom stereocenters. The van der Waals surface area contributed by atoms with E-state index in [9.17, 15) is 9.59 Å². The number of hydrogen-bond acceptors (Lipinski definition) is 3. The summed E-state index contributed by atoms with van der Waals surface area (Å²) < 4.78 is 0. The lowest BCUT2D eigenvalue weighted by atomic mass is 9.95. The van der Waals surface area contributed by atoms with Crippen molar-refractivity contribution in [3.8, 4) is 0 Å². The Morgan fingerprint density at radius 2 is 1.74 bits per heavy atom. The molecule has 5 nitrogen and oxygen atoms in total. The van der Waals surface area contributed by atoms with Gasteiger partial charge in [-0.05, 0) is 25.3 Å². The Hall–Kier alpha value is -1.88. The molecule has 23 heavy (non-hydrogen) atoms. The lowest BCUT2D eigenvalue weighted by molar-refractivity contribution is -0.133. The highest BCUT2D eigenvalue weighted by atomic mass is 16.3. The largest absolute Gasteiger partial charge is 0.396 e. The Morgan fingerprint density at radius 1 is 1.13 bits per heavy atom. The second-order valence-corrected chi connectivity index (χ2v) is 6.78. The van der Waals surface area contributed by atoms with Gasteiger partial charge in [0.05, 0.1) is 6.04 Å². The summed E-state index contributed by atoms with van der Waals surface area (Å²) in [6, 6.07) is 8.85. The summed E-state index contributed by atoms with van der Waals surface area (Å²) in [4.78, 5) is 24.3. The van der Waals surface area contributed by atoms with Crippen LogP contribution in [-0.4, -0.2) is 29.6 Å². The highest BCUT2D eigenvalue weighted by molar-refractivity contribution is 5.89. The molecule has 0 aromatic heterocycles. The second kappa shape index (κ2) is 8.67. The van der Waals surface area contributed by atoms with E-state index >= 15 is 0 Å². The Labute approximate surface area is 138 Å². The first-order chi connectivity index (χ1) is 10.8. The van der Waals surface area contributed by atoms with E-state index in [1.807, 2.05) is 30.3 Å². The molecule has 2 amide bonds. The van der Waals surface area contributed by atoms with Crippen LogP contribution in [0, 0.1) is 5.41 Å². The van der Waals surface area contributed by atoms with Gasteiger partial charge in [0, 0.05) is 12.0 Å². The van der Waals surface area contributed by atoms with Crippen LogP contribution in [0.2, 0.25) is 0 Å². The molecule has 0 spiro atoms. The minimum atomic E-state index is -0.609. The molecule has 0 radical (unpaired) electrons. The first kappa shape index (κ1) is 19.2. The number of carbonyl (C=O) groups is 2. The quantitative estimate of drug-likeness (QED) is 0.720. The molecule has 0 saturated heterocycles. The zero-order valence-electron chi connectivity index (χ0n) is 14.4. The molecular formula is C18H28N2O3. The van der Waals surface area contributed by atoms with Crippen LogP contribution in [-0.2, 0) is 9.59 Å². The number of aliphatic hydroxyl groups excluding tert-OH is 1. The summed E-state index contributed by atoms with van der Waals surface area (Å²) in [5.41, 5.74) is 0.452. The molecule has 0 saturated carbocycles. The van der Waals surface area contributed by atoms with Crippen molar-refractivity contribution in [3.05, 3.63) is 35.9 Å². The van der Waals surface area contributed by atoms with Crippen LogP contribution in [0.5, 0.6) is 0 Å². The molecule has 5 heteroatoms. The van der Waals surface area contributed by atoms with E-state index < -0.39 is 11.5 Å². The first-order valence-electron chi connectivity index (χ1n) is 8.03. The van der Waals surface area contributed by atoms with Gasteiger partial charge in [-0.2, -0.15) is 0 Å². The van der Waals surface area contributed by atoms with E-state index in [-0.39, 0.29) is 24.5 Å². The van der Waals surface area contributed by atoms with Gasteiger partial charge in [0.15, 0.2) is 0 Å². The van der Waals surface area contributed by atoms with Gasteiger partial charge in [0.2, 0.25) is 11.8 Å². The Kier molecular flexibility index (Phi) is 7.23. The van der Waals surface area contributed by atoms with Crippen LogP contribution in [0.3, 0.4) is 0 Å². The van der Waals surface area contributed by atoms with E-state index in [1.54, 1.807) is 27.7 Å². The number of amides is 2. The lowest BCUT2D eigenvalue weighted by Crippen LogP contribution is -2.48. The van der Waals surface area contributed by atoms with Gasteiger partial charge in [-0.1, -0.05) is 51.1 Å². The van der Waals surface area contributed by atoms with Crippen LogP contribution in [0.1, 0.15) is 52.1 Å². The van der Waals surface area contributed by atoms with E-state index in [1.165, 1.54) is 0 Å². The summed E-state index contributed by atoms with van der Waals surface area (Å²) in [6.07, 6.45) is 1.24. The fourth-order valence-corrected chi connectivity index (χ4v) is 2.08. The van der Waals surface area contributed by atoms with E-state index in [0.717, 1.165) is 5.56 Å². The van der Waals surface area contributed by atoms with Crippen molar-refractivity contribution in [2.75, 3.05) is 6.61 Å². The monoisotopic (exact) mass is 320 g/mol. The summed E-state index contributed by atoms with van der Waals surface area (Å²) in [5, 5.41) is 14.7. The van der Waals surface area contributed by atoms with Crippen molar-refractivity contribution in [1.29, 1.82) is 0 Å². The Morgan fingerprint density at radius 3 is 2.26 bits per heavy atom. The lowest BCUT2D eigenvalue weighted by Gasteiger charge is -2.24. The molecule has 0 aliphatic carbocycles.